The van der Waals surface area contributed by atoms with Crippen molar-refractivity contribution in [1.29, 1.82) is 0 Å². The van der Waals surface area contributed by atoms with Crippen LogP contribution in [0.5, 0.6) is 0 Å². The van der Waals surface area contributed by atoms with Crippen molar-refractivity contribution in [2.45, 2.75) is 75.5 Å². The summed E-state index contributed by atoms with van der Waals surface area (Å²) in [4.78, 5) is 11.7. The molecule has 2 N–H and O–H groups in total. The maximum absolute atomic E-state index is 11.7. The van der Waals surface area contributed by atoms with Crippen LogP contribution in [0.4, 0.5) is 0 Å². The van der Waals surface area contributed by atoms with E-state index in [1.165, 1.54) is 12.8 Å². The molecule has 3 aliphatic rings. The van der Waals surface area contributed by atoms with E-state index in [1.54, 1.807) is 0 Å². The lowest BCUT2D eigenvalue weighted by molar-refractivity contribution is -0.149. The highest BCUT2D eigenvalue weighted by Crippen LogP contribution is 2.36. The fraction of sp³-hybridized carbons (Fsp3) is 0.933. The highest BCUT2D eigenvalue weighted by atomic mass is 16.5. The zero-order valence-corrected chi connectivity index (χ0v) is 11.6. The fourth-order valence-corrected chi connectivity index (χ4v) is 3.18. The molecular formula is C15H25NO3. The molecule has 2 unspecified atom stereocenters. The number of hydrogen-bond donors (Lipinski definition) is 2. The predicted octanol–water partition coefficient (Wildman–Crippen LogP) is 2.32. The summed E-state index contributed by atoms with van der Waals surface area (Å²) < 4.78 is 5.94. The Kier molecular flexibility index (Phi) is 3.81. The van der Waals surface area contributed by atoms with Gasteiger partial charge in [0.2, 0.25) is 0 Å². The second kappa shape index (κ2) is 5.41. The minimum absolute atomic E-state index is 0.134. The zero-order chi connectivity index (χ0) is 13.3. The van der Waals surface area contributed by atoms with E-state index in [1.807, 2.05) is 0 Å². The normalized spacial score (nSPS) is 35.3. The molecular weight excluding hydrogens is 242 g/mol. The van der Waals surface area contributed by atoms with Gasteiger partial charge in [0.15, 0.2) is 0 Å². The van der Waals surface area contributed by atoms with Crippen molar-refractivity contribution in [1.82, 2.24) is 5.32 Å². The lowest BCUT2D eigenvalue weighted by Crippen LogP contribution is -2.57. The Morgan fingerprint density at radius 2 is 2.05 bits per heavy atom. The summed E-state index contributed by atoms with van der Waals surface area (Å²) in [6, 6.07) is 0.432. The van der Waals surface area contributed by atoms with Crippen LogP contribution < -0.4 is 5.32 Å². The third-order valence-corrected chi connectivity index (χ3v) is 4.75. The van der Waals surface area contributed by atoms with Crippen LogP contribution in [0.1, 0.15) is 57.8 Å². The number of ether oxygens (including phenoxy) is 1. The molecule has 3 saturated carbocycles. The van der Waals surface area contributed by atoms with E-state index in [4.69, 9.17) is 4.74 Å². The van der Waals surface area contributed by atoms with E-state index >= 15 is 0 Å². The van der Waals surface area contributed by atoms with Gasteiger partial charge in [0.1, 0.15) is 5.54 Å². The van der Waals surface area contributed by atoms with Crippen LogP contribution in [-0.4, -0.2) is 35.4 Å². The van der Waals surface area contributed by atoms with Gasteiger partial charge >= 0.3 is 5.97 Å². The molecule has 0 amide bonds. The molecule has 4 nitrogen and oxygen atoms in total. The van der Waals surface area contributed by atoms with Crippen LogP contribution in [0.25, 0.3) is 0 Å². The van der Waals surface area contributed by atoms with Crippen molar-refractivity contribution in [3.8, 4) is 0 Å². The summed E-state index contributed by atoms with van der Waals surface area (Å²) in [6.45, 7) is 0.814. The molecule has 0 radical (unpaired) electrons. The van der Waals surface area contributed by atoms with Crippen LogP contribution in [-0.2, 0) is 9.53 Å². The van der Waals surface area contributed by atoms with Crippen LogP contribution in [0.3, 0.4) is 0 Å². The van der Waals surface area contributed by atoms with Gasteiger partial charge in [-0.3, -0.25) is 10.1 Å². The number of carbonyl (C=O) groups is 1. The van der Waals surface area contributed by atoms with Gasteiger partial charge in [-0.1, -0.05) is 12.8 Å². The van der Waals surface area contributed by atoms with Crippen molar-refractivity contribution in [3.05, 3.63) is 0 Å². The van der Waals surface area contributed by atoms with Crippen molar-refractivity contribution in [2.75, 3.05) is 6.61 Å². The van der Waals surface area contributed by atoms with E-state index in [0.717, 1.165) is 51.0 Å². The Balaban J connectivity index is 1.52. The van der Waals surface area contributed by atoms with E-state index < -0.39 is 11.5 Å². The molecule has 3 rings (SSSR count). The van der Waals surface area contributed by atoms with E-state index in [9.17, 15) is 9.90 Å². The van der Waals surface area contributed by atoms with Crippen molar-refractivity contribution < 1.29 is 14.6 Å². The topological polar surface area (TPSA) is 58.6 Å². The Bertz CT molecular complexity index is 338. The second-order valence-electron chi connectivity index (χ2n) is 6.63. The van der Waals surface area contributed by atoms with Crippen LogP contribution in [0, 0.1) is 5.92 Å². The molecule has 0 aromatic heterocycles. The molecule has 2 atom stereocenters. The number of hydrogen-bond acceptors (Lipinski definition) is 3. The number of aliphatic carboxylic acids is 1. The SMILES string of the molecule is O=C(O)C1(NC2CC2)CCCC(OCCC2CC2)C1. The first-order valence-corrected chi connectivity index (χ1v) is 7.81. The predicted molar refractivity (Wildman–Crippen MR) is 72.1 cm³/mol. The highest BCUT2D eigenvalue weighted by molar-refractivity contribution is 5.79. The fourth-order valence-electron chi connectivity index (χ4n) is 3.18. The average molecular weight is 267 g/mol. The summed E-state index contributed by atoms with van der Waals surface area (Å²) in [7, 11) is 0. The summed E-state index contributed by atoms with van der Waals surface area (Å²) in [6.07, 6.45) is 9.63. The van der Waals surface area contributed by atoms with Gasteiger partial charge < -0.3 is 9.84 Å². The van der Waals surface area contributed by atoms with E-state index in [2.05, 4.69) is 5.32 Å². The molecule has 0 bridgehead atoms. The Labute approximate surface area is 114 Å². The third-order valence-electron chi connectivity index (χ3n) is 4.75. The lowest BCUT2D eigenvalue weighted by Gasteiger charge is -2.38. The number of rotatable bonds is 7. The Morgan fingerprint density at radius 3 is 2.68 bits per heavy atom. The highest BCUT2D eigenvalue weighted by Gasteiger charge is 2.46. The number of carboxylic acid groups (broad SMARTS) is 1. The van der Waals surface area contributed by atoms with Crippen molar-refractivity contribution >= 4 is 5.97 Å². The molecule has 3 fully saturated rings. The minimum Gasteiger partial charge on any atom is -0.480 e. The lowest BCUT2D eigenvalue weighted by atomic mass is 9.80. The van der Waals surface area contributed by atoms with Crippen LogP contribution in [0.15, 0.2) is 0 Å². The summed E-state index contributed by atoms with van der Waals surface area (Å²) in [5.41, 5.74) is -0.719. The van der Waals surface area contributed by atoms with Crippen LogP contribution in [0.2, 0.25) is 0 Å². The van der Waals surface area contributed by atoms with Gasteiger partial charge in [0, 0.05) is 19.1 Å². The number of nitrogens with one attached hydrogen (secondary N) is 1. The van der Waals surface area contributed by atoms with E-state index in [0.29, 0.717) is 12.5 Å². The molecule has 0 heterocycles. The summed E-state index contributed by atoms with van der Waals surface area (Å²) in [5.74, 6) is 0.201. The summed E-state index contributed by atoms with van der Waals surface area (Å²) in [5, 5.41) is 13.0. The Hall–Kier alpha value is -0.610. The number of carboxylic acids is 1. The van der Waals surface area contributed by atoms with Crippen molar-refractivity contribution in [2.24, 2.45) is 5.92 Å². The maximum Gasteiger partial charge on any atom is 0.324 e. The molecule has 0 aromatic carbocycles. The summed E-state index contributed by atoms with van der Waals surface area (Å²) >= 11 is 0. The largest absolute Gasteiger partial charge is 0.480 e. The molecule has 108 valence electrons. The molecule has 4 heteroatoms. The zero-order valence-electron chi connectivity index (χ0n) is 11.6. The molecule has 0 aliphatic heterocycles. The molecule has 3 aliphatic carbocycles. The smallest absolute Gasteiger partial charge is 0.324 e. The van der Waals surface area contributed by atoms with Gasteiger partial charge in [0.25, 0.3) is 0 Å². The van der Waals surface area contributed by atoms with Gasteiger partial charge in [-0.05, 0) is 44.4 Å². The standard InChI is InChI=1S/C15H25NO3/c17-14(18)15(16-12-5-6-12)8-1-2-13(10-15)19-9-7-11-3-4-11/h11-13,16H,1-10H2,(H,17,18). The molecule has 0 aromatic rings. The van der Waals surface area contributed by atoms with Crippen molar-refractivity contribution in [3.63, 3.8) is 0 Å². The monoisotopic (exact) mass is 267 g/mol. The quantitative estimate of drug-likeness (QED) is 0.743. The first kappa shape index (κ1) is 13.4. The van der Waals surface area contributed by atoms with E-state index in [-0.39, 0.29) is 6.10 Å². The Morgan fingerprint density at radius 1 is 1.26 bits per heavy atom. The van der Waals surface area contributed by atoms with Gasteiger partial charge in [-0.25, -0.2) is 0 Å². The average Bonchev–Trinajstić information content (AvgIpc) is 3.24. The molecule has 19 heavy (non-hydrogen) atoms. The van der Waals surface area contributed by atoms with Crippen LogP contribution >= 0.6 is 0 Å². The molecule has 0 saturated heterocycles. The first-order chi connectivity index (χ1) is 9.18. The maximum atomic E-state index is 11.7. The van der Waals surface area contributed by atoms with Gasteiger partial charge in [-0.15, -0.1) is 0 Å². The second-order valence-corrected chi connectivity index (χ2v) is 6.63. The van der Waals surface area contributed by atoms with Gasteiger partial charge in [0.05, 0.1) is 6.10 Å². The molecule has 0 spiro atoms. The first-order valence-electron chi connectivity index (χ1n) is 7.81. The van der Waals surface area contributed by atoms with Gasteiger partial charge in [-0.2, -0.15) is 0 Å². The third kappa shape index (κ3) is 3.48. The minimum atomic E-state index is -0.719.